The minimum Gasteiger partial charge on any atom is -0.389 e. The second-order valence-electron chi connectivity index (χ2n) is 8.63. The highest BCUT2D eigenvalue weighted by Crippen LogP contribution is 2.47. The van der Waals surface area contributed by atoms with Crippen LogP contribution in [0, 0.1) is 23.2 Å². The van der Waals surface area contributed by atoms with Crippen molar-refractivity contribution in [3.05, 3.63) is 11.1 Å². The van der Waals surface area contributed by atoms with Crippen LogP contribution in [0.15, 0.2) is 11.1 Å². The summed E-state index contributed by atoms with van der Waals surface area (Å²) in [6, 6.07) is 0. The molecular formula is C19H34O. The third-order valence-electron chi connectivity index (χ3n) is 5.37. The summed E-state index contributed by atoms with van der Waals surface area (Å²) in [6.07, 6.45) is 8.43. The normalized spacial score (nSPS) is 29.6. The minimum atomic E-state index is -0.121. The van der Waals surface area contributed by atoms with E-state index in [9.17, 15) is 5.11 Å². The lowest BCUT2D eigenvalue weighted by Gasteiger charge is -2.42. The zero-order valence-corrected chi connectivity index (χ0v) is 14.2. The number of rotatable bonds is 3. The summed E-state index contributed by atoms with van der Waals surface area (Å²) in [6.45, 7) is 11.9. The van der Waals surface area contributed by atoms with Crippen LogP contribution in [-0.4, -0.2) is 11.2 Å². The van der Waals surface area contributed by atoms with E-state index in [0.29, 0.717) is 5.41 Å². The summed E-state index contributed by atoms with van der Waals surface area (Å²) in [4.78, 5) is 0. The van der Waals surface area contributed by atoms with Crippen molar-refractivity contribution in [2.45, 2.75) is 85.7 Å². The van der Waals surface area contributed by atoms with Gasteiger partial charge in [0.05, 0.1) is 6.10 Å². The molecule has 2 aliphatic carbocycles. The lowest BCUT2D eigenvalue weighted by molar-refractivity contribution is 0.144. The third kappa shape index (κ3) is 3.67. The third-order valence-corrected chi connectivity index (χ3v) is 5.37. The Kier molecular flexibility index (Phi) is 5.00. The van der Waals surface area contributed by atoms with Crippen molar-refractivity contribution in [2.75, 3.05) is 0 Å². The first-order valence-corrected chi connectivity index (χ1v) is 8.69. The highest BCUT2D eigenvalue weighted by atomic mass is 16.3. The van der Waals surface area contributed by atoms with E-state index in [-0.39, 0.29) is 6.10 Å². The number of hydrogen-bond acceptors (Lipinski definition) is 1. The van der Waals surface area contributed by atoms with Crippen LogP contribution in [0.25, 0.3) is 0 Å². The molecule has 0 spiro atoms. The molecule has 0 amide bonds. The fraction of sp³-hybridized carbons (Fsp3) is 0.895. The van der Waals surface area contributed by atoms with Gasteiger partial charge in [-0.25, -0.2) is 0 Å². The van der Waals surface area contributed by atoms with E-state index in [1.165, 1.54) is 37.7 Å². The van der Waals surface area contributed by atoms with Gasteiger partial charge in [-0.2, -0.15) is 0 Å². The van der Waals surface area contributed by atoms with Crippen LogP contribution in [0.5, 0.6) is 0 Å². The highest BCUT2D eigenvalue weighted by Gasteiger charge is 2.36. The molecule has 0 aromatic heterocycles. The Morgan fingerprint density at radius 1 is 1.05 bits per heavy atom. The average Bonchev–Trinajstić information content (AvgIpc) is 2.35. The largest absolute Gasteiger partial charge is 0.389 e. The van der Waals surface area contributed by atoms with E-state index >= 15 is 0 Å². The van der Waals surface area contributed by atoms with Gasteiger partial charge >= 0.3 is 0 Å². The van der Waals surface area contributed by atoms with Crippen LogP contribution in [0.1, 0.15) is 79.6 Å². The van der Waals surface area contributed by atoms with Crippen molar-refractivity contribution in [1.82, 2.24) is 0 Å². The molecular weight excluding hydrogens is 244 g/mol. The Bertz CT molecular complexity index is 358. The van der Waals surface area contributed by atoms with Crippen LogP contribution in [0.3, 0.4) is 0 Å². The van der Waals surface area contributed by atoms with Gasteiger partial charge in [0.25, 0.3) is 0 Å². The Labute approximate surface area is 125 Å². The molecule has 0 aliphatic heterocycles. The molecule has 0 aromatic rings. The lowest BCUT2D eigenvalue weighted by atomic mass is 9.64. The van der Waals surface area contributed by atoms with Crippen LogP contribution >= 0.6 is 0 Å². The number of aliphatic hydroxyl groups is 1. The van der Waals surface area contributed by atoms with Crippen molar-refractivity contribution >= 4 is 0 Å². The first kappa shape index (κ1) is 16.1. The lowest BCUT2D eigenvalue weighted by Crippen LogP contribution is -2.32. The van der Waals surface area contributed by atoms with E-state index in [1.807, 2.05) is 0 Å². The predicted octanol–water partition coefficient (Wildman–Crippen LogP) is 5.34. The van der Waals surface area contributed by atoms with Crippen molar-refractivity contribution in [3.63, 3.8) is 0 Å². The van der Waals surface area contributed by atoms with Crippen molar-refractivity contribution in [1.29, 1.82) is 0 Å². The van der Waals surface area contributed by atoms with Gasteiger partial charge in [-0.05, 0) is 73.7 Å². The molecule has 0 bridgehead atoms. The maximum Gasteiger partial charge on any atom is 0.0752 e. The highest BCUT2D eigenvalue weighted by molar-refractivity contribution is 5.26. The summed E-state index contributed by atoms with van der Waals surface area (Å²) in [5, 5.41) is 10.3. The second-order valence-corrected chi connectivity index (χ2v) is 8.63. The molecule has 1 N–H and O–H groups in total. The van der Waals surface area contributed by atoms with Gasteiger partial charge in [0.15, 0.2) is 0 Å². The minimum absolute atomic E-state index is 0.121. The van der Waals surface area contributed by atoms with E-state index in [0.717, 1.165) is 30.6 Å². The van der Waals surface area contributed by atoms with Crippen LogP contribution < -0.4 is 0 Å². The predicted molar refractivity (Wildman–Crippen MR) is 86.6 cm³/mol. The molecule has 0 radical (unpaired) electrons. The summed E-state index contributed by atoms with van der Waals surface area (Å²) in [5.41, 5.74) is 3.51. The maximum absolute atomic E-state index is 10.3. The monoisotopic (exact) mass is 278 g/mol. The maximum atomic E-state index is 10.3. The molecule has 2 unspecified atom stereocenters. The first-order chi connectivity index (χ1) is 9.29. The molecule has 0 heterocycles. The van der Waals surface area contributed by atoms with Crippen molar-refractivity contribution in [2.24, 2.45) is 23.2 Å². The quantitative estimate of drug-likeness (QED) is 0.691. The Morgan fingerprint density at radius 2 is 1.65 bits per heavy atom. The molecule has 0 saturated carbocycles. The van der Waals surface area contributed by atoms with Gasteiger partial charge in [0.2, 0.25) is 0 Å². The van der Waals surface area contributed by atoms with Crippen molar-refractivity contribution in [3.8, 4) is 0 Å². The van der Waals surface area contributed by atoms with E-state index in [4.69, 9.17) is 0 Å². The van der Waals surface area contributed by atoms with Gasteiger partial charge in [0, 0.05) is 0 Å². The van der Waals surface area contributed by atoms with Crippen LogP contribution in [0.4, 0.5) is 0 Å². The van der Waals surface area contributed by atoms with E-state index < -0.39 is 0 Å². The standard InChI is InChI=1S/C19H34O/c1-13(2)17(12-19(3,4)5)15-8-6-10-16-14(15)9-7-11-18(16)20/h13,15,17-18,20H,6-12H2,1-5H3/t15-,17?,18?/m1/s1. The van der Waals surface area contributed by atoms with Gasteiger partial charge in [-0.3, -0.25) is 0 Å². The van der Waals surface area contributed by atoms with Gasteiger partial charge in [0.1, 0.15) is 0 Å². The summed E-state index contributed by atoms with van der Waals surface area (Å²) in [7, 11) is 0. The zero-order chi connectivity index (χ0) is 14.9. The number of aliphatic hydroxyl groups excluding tert-OH is 1. The topological polar surface area (TPSA) is 20.2 Å². The van der Waals surface area contributed by atoms with Gasteiger partial charge < -0.3 is 5.11 Å². The molecule has 3 atom stereocenters. The fourth-order valence-corrected chi connectivity index (χ4v) is 4.49. The molecule has 1 heteroatoms. The van der Waals surface area contributed by atoms with Crippen molar-refractivity contribution < 1.29 is 5.11 Å². The van der Waals surface area contributed by atoms with Gasteiger partial charge in [-0.1, -0.05) is 40.2 Å². The SMILES string of the molecule is CC(C)C(CC(C)(C)C)[C@@H]1CCCC2=C1CCCC2O. The molecule has 0 saturated heterocycles. The molecule has 2 aliphatic rings. The van der Waals surface area contributed by atoms with Crippen LogP contribution in [0.2, 0.25) is 0 Å². The Hall–Kier alpha value is -0.300. The van der Waals surface area contributed by atoms with Gasteiger partial charge in [-0.15, -0.1) is 0 Å². The summed E-state index contributed by atoms with van der Waals surface area (Å²) in [5.74, 6) is 2.27. The smallest absolute Gasteiger partial charge is 0.0752 e. The number of allylic oxidation sites excluding steroid dienone is 1. The molecule has 0 aromatic carbocycles. The molecule has 2 rings (SSSR count). The Balaban J connectivity index is 2.26. The second kappa shape index (κ2) is 6.22. The summed E-state index contributed by atoms with van der Waals surface area (Å²) < 4.78 is 0. The molecule has 1 nitrogen and oxygen atoms in total. The zero-order valence-electron chi connectivity index (χ0n) is 14.2. The Morgan fingerprint density at radius 3 is 2.25 bits per heavy atom. The van der Waals surface area contributed by atoms with Crippen LogP contribution in [-0.2, 0) is 0 Å². The average molecular weight is 278 g/mol. The molecule has 116 valence electrons. The molecule has 0 fully saturated rings. The summed E-state index contributed by atoms with van der Waals surface area (Å²) >= 11 is 0. The number of hydrogen-bond donors (Lipinski definition) is 1. The fourth-order valence-electron chi connectivity index (χ4n) is 4.49. The molecule has 20 heavy (non-hydrogen) atoms. The van der Waals surface area contributed by atoms with E-state index in [1.54, 1.807) is 5.57 Å². The first-order valence-electron chi connectivity index (χ1n) is 8.69. The van der Waals surface area contributed by atoms with E-state index in [2.05, 4.69) is 34.6 Å².